The molecule has 2 aromatic heterocycles. The predicted molar refractivity (Wildman–Crippen MR) is 231 cm³/mol. The quantitative estimate of drug-likeness (QED) is 0.165. The Labute approximate surface area is 323 Å². The van der Waals surface area contributed by atoms with Crippen LogP contribution in [-0.4, -0.2) is 15.0 Å². The smallest absolute Gasteiger partial charge is 0.165 e. The second kappa shape index (κ2) is 14.1. The van der Waals surface area contributed by atoms with E-state index in [4.69, 9.17) is 15.0 Å². The zero-order chi connectivity index (χ0) is 36.6. The van der Waals surface area contributed by atoms with Crippen LogP contribution in [-0.2, 0) is 0 Å². The first kappa shape index (κ1) is 32.6. The first-order valence-corrected chi connectivity index (χ1v) is 19.3. The minimum atomic E-state index is 0.656. The van der Waals surface area contributed by atoms with Gasteiger partial charge in [0, 0.05) is 42.4 Å². The Morgan fingerprint density at radius 3 is 1.16 bits per heavy atom. The van der Waals surface area contributed by atoms with E-state index in [0.29, 0.717) is 17.5 Å². The van der Waals surface area contributed by atoms with Gasteiger partial charge in [0.1, 0.15) is 0 Å². The number of thiophene rings is 1. The third kappa shape index (κ3) is 6.29. The van der Waals surface area contributed by atoms with Crippen molar-refractivity contribution in [1.29, 1.82) is 0 Å². The Kier molecular flexibility index (Phi) is 8.36. The Hall–Kier alpha value is -7.01. The van der Waals surface area contributed by atoms with Gasteiger partial charge in [0.05, 0.1) is 0 Å². The molecule has 0 amide bonds. The number of rotatable bonds is 7. The van der Waals surface area contributed by atoms with E-state index in [1.807, 2.05) is 47.7 Å². The molecular weight excluding hydrogens is 687 g/mol. The largest absolute Gasteiger partial charge is 0.208 e. The van der Waals surface area contributed by atoms with E-state index in [1.165, 1.54) is 60.0 Å². The molecule has 10 aromatic rings. The van der Waals surface area contributed by atoms with Crippen molar-refractivity contribution in [3.05, 3.63) is 200 Å². The first-order chi connectivity index (χ1) is 27.2. The minimum Gasteiger partial charge on any atom is -0.208 e. The average molecular weight is 720 g/mol. The zero-order valence-electron chi connectivity index (χ0n) is 29.8. The summed E-state index contributed by atoms with van der Waals surface area (Å²) in [7, 11) is 0. The lowest BCUT2D eigenvalue weighted by Crippen LogP contribution is -2.00. The van der Waals surface area contributed by atoms with Gasteiger partial charge in [-0.25, -0.2) is 15.0 Å². The van der Waals surface area contributed by atoms with Crippen LogP contribution in [0.5, 0.6) is 0 Å². The van der Waals surface area contributed by atoms with Crippen molar-refractivity contribution in [3.63, 3.8) is 0 Å². The van der Waals surface area contributed by atoms with Crippen LogP contribution in [0, 0.1) is 0 Å². The fourth-order valence-corrected chi connectivity index (χ4v) is 8.67. The van der Waals surface area contributed by atoms with Crippen molar-refractivity contribution in [2.75, 3.05) is 0 Å². The van der Waals surface area contributed by atoms with Gasteiger partial charge in [0.15, 0.2) is 17.5 Å². The molecule has 0 spiro atoms. The summed E-state index contributed by atoms with van der Waals surface area (Å²) < 4.78 is 2.39. The van der Waals surface area contributed by atoms with Crippen LogP contribution in [0.15, 0.2) is 200 Å². The molecule has 0 radical (unpaired) electrons. The van der Waals surface area contributed by atoms with Crippen LogP contribution in [0.2, 0.25) is 0 Å². The molecule has 8 aromatic carbocycles. The molecule has 0 aliphatic rings. The lowest BCUT2D eigenvalue weighted by Gasteiger charge is -2.11. The van der Waals surface area contributed by atoms with Crippen LogP contribution in [0.25, 0.3) is 98.8 Å². The van der Waals surface area contributed by atoms with Crippen LogP contribution in [0.3, 0.4) is 0 Å². The minimum absolute atomic E-state index is 0.656. The third-order valence-corrected chi connectivity index (χ3v) is 11.5. The lowest BCUT2D eigenvalue weighted by molar-refractivity contribution is 1.08. The highest BCUT2D eigenvalue weighted by Crippen LogP contribution is 2.46. The van der Waals surface area contributed by atoms with Gasteiger partial charge in [0.25, 0.3) is 0 Å². The molecule has 0 bridgehead atoms. The zero-order valence-corrected chi connectivity index (χ0v) is 30.6. The second-order valence-electron chi connectivity index (χ2n) is 13.6. The monoisotopic (exact) mass is 719 g/mol. The van der Waals surface area contributed by atoms with E-state index in [2.05, 4.69) is 164 Å². The average Bonchev–Trinajstić information content (AvgIpc) is 3.66. The second-order valence-corrected chi connectivity index (χ2v) is 14.6. The van der Waals surface area contributed by atoms with E-state index < -0.39 is 0 Å². The van der Waals surface area contributed by atoms with E-state index >= 15 is 0 Å². The van der Waals surface area contributed by atoms with Crippen molar-refractivity contribution in [2.24, 2.45) is 0 Å². The van der Waals surface area contributed by atoms with Crippen molar-refractivity contribution in [2.45, 2.75) is 0 Å². The van der Waals surface area contributed by atoms with Crippen LogP contribution in [0.4, 0.5) is 0 Å². The molecule has 2 heterocycles. The van der Waals surface area contributed by atoms with Gasteiger partial charge in [-0.3, -0.25) is 0 Å². The van der Waals surface area contributed by atoms with E-state index in [0.717, 1.165) is 21.4 Å². The molecule has 0 aliphatic heterocycles. The SMILES string of the molecule is c1ccc(-c2ccc(-c3cc(-c4ccc(-c5ccccc5)cc4)c4sc5c(-c6nc(-c7ccccc7)nc(-c7ccccc7)n6)cccc5c4c3)cc2)cc1. The molecule has 10 rings (SSSR count). The molecule has 0 unspecified atom stereocenters. The summed E-state index contributed by atoms with van der Waals surface area (Å²) in [6.07, 6.45) is 0. The molecule has 0 saturated heterocycles. The fourth-order valence-electron chi connectivity index (χ4n) is 7.34. The highest BCUT2D eigenvalue weighted by atomic mass is 32.1. The van der Waals surface area contributed by atoms with E-state index in [9.17, 15) is 0 Å². The normalized spacial score (nSPS) is 11.3. The Balaban J connectivity index is 1.17. The van der Waals surface area contributed by atoms with Gasteiger partial charge in [-0.1, -0.05) is 182 Å². The van der Waals surface area contributed by atoms with Gasteiger partial charge in [-0.05, 0) is 57.1 Å². The Morgan fingerprint density at radius 2 is 0.655 bits per heavy atom. The maximum atomic E-state index is 5.12. The van der Waals surface area contributed by atoms with Crippen molar-refractivity contribution < 1.29 is 0 Å². The summed E-state index contributed by atoms with van der Waals surface area (Å²) >= 11 is 1.81. The molecule has 0 N–H and O–H groups in total. The summed E-state index contributed by atoms with van der Waals surface area (Å²) in [6, 6.07) is 70.6. The topological polar surface area (TPSA) is 38.7 Å². The van der Waals surface area contributed by atoms with Gasteiger partial charge in [-0.15, -0.1) is 11.3 Å². The predicted octanol–water partition coefficient (Wildman–Crippen LogP) is 13.9. The molecule has 0 aliphatic carbocycles. The Morgan fingerprint density at radius 1 is 0.255 bits per heavy atom. The lowest BCUT2D eigenvalue weighted by atomic mass is 9.94. The summed E-state index contributed by atoms with van der Waals surface area (Å²) in [5.41, 5.74) is 12.5. The highest BCUT2D eigenvalue weighted by molar-refractivity contribution is 7.26. The molecule has 0 fully saturated rings. The number of aromatic nitrogens is 3. The standard InChI is InChI=1S/C51H33N3S/c1-5-14-34(15-6-1)36-24-26-38(27-25-36)42-32-45(39-30-28-37(29-31-39)35-16-7-2-8-17-35)48-46(33-42)43-22-13-23-44(47(43)55-48)51-53-49(40-18-9-3-10-19-40)52-50(54-51)41-20-11-4-12-21-41/h1-33H. The molecule has 55 heavy (non-hydrogen) atoms. The molecule has 3 nitrogen and oxygen atoms in total. The van der Waals surface area contributed by atoms with Crippen LogP contribution >= 0.6 is 11.3 Å². The van der Waals surface area contributed by atoms with Crippen molar-refractivity contribution in [1.82, 2.24) is 15.0 Å². The van der Waals surface area contributed by atoms with Crippen molar-refractivity contribution >= 4 is 31.5 Å². The molecular formula is C51H33N3S. The van der Waals surface area contributed by atoms with Gasteiger partial charge >= 0.3 is 0 Å². The summed E-state index contributed by atoms with van der Waals surface area (Å²) in [5, 5.41) is 2.40. The first-order valence-electron chi connectivity index (χ1n) is 18.4. The molecule has 258 valence electrons. The maximum Gasteiger partial charge on any atom is 0.165 e. The highest BCUT2D eigenvalue weighted by Gasteiger charge is 2.19. The van der Waals surface area contributed by atoms with Gasteiger partial charge < -0.3 is 0 Å². The van der Waals surface area contributed by atoms with E-state index in [-0.39, 0.29) is 0 Å². The van der Waals surface area contributed by atoms with Gasteiger partial charge in [0.2, 0.25) is 0 Å². The molecule has 4 heteroatoms. The summed E-state index contributed by atoms with van der Waals surface area (Å²) in [5.74, 6) is 1.97. The summed E-state index contributed by atoms with van der Waals surface area (Å²) in [6.45, 7) is 0. The molecule has 0 saturated carbocycles. The number of hydrogen-bond acceptors (Lipinski definition) is 4. The maximum absolute atomic E-state index is 5.12. The number of nitrogens with zero attached hydrogens (tertiary/aromatic N) is 3. The number of fused-ring (bicyclic) bond motifs is 3. The van der Waals surface area contributed by atoms with Gasteiger partial charge in [-0.2, -0.15) is 0 Å². The Bertz CT molecular complexity index is 2870. The number of hydrogen-bond donors (Lipinski definition) is 0. The summed E-state index contributed by atoms with van der Waals surface area (Å²) in [4.78, 5) is 15.2. The van der Waals surface area contributed by atoms with E-state index in [1.54, 1.807) is 0 Å². The van der Waals surface area contributed by atoms with Crippen LogP contribution in [0.1, 0.15) is 0 Å². The molecule has 0 atom stereocenters. The van der Waals surface area contributed by atoms with Crippen molar-refractivity contribution in [3.8, 4) is 78.7 Å². The fraction of sp³-hybridized carbons (Fsp3) is 0. The van der Waals surface area contributed by atoms with Crippen LogP contribution < -0.4 is 0 Å². The third-order valence-electron chi connectivity index (χ3n) is 10.2. The number of benzene rings is 8.